The van der Waals surface area contributed by atoms with Crippen molar-refractivity contribution in [2.24, 2.45) is 0 Å². The summed E-state index contributed by atoms with van der Waals surface area (Å²) in [6.07, 6.45) is 4.54. The molecule has 0 spiro atoms. The molecule has 8 aromatic rings. The van der Waals surface area contributed by atoms with E-state index in [2.05, 4.69) is 115 Å². The van der Waals surface area contributed by atoms with Crippen LogP contribution >= 0.6 is 0 Å². The van der Waals surface area contributed by atoms with Crippen LogP contribution in [0.5, 0.6) is 0 Å². The zero-order valence-corrected chi connectivity index (χ0v) is 28.3. The average molecular weight is 791 g/mol. The summed E-state index contributed by atoms with van der Waals surface area (Å²) < 4.78 is 29.8. The van der Waals surface area contributed by atoms with E-state index >= 15 is 0 Å². The first kappa shape index (κ1) is 28.2. The summed E-state index contributed by atoms with van der Waals surface area (Å²) in [5, 5.41) is 1.02. The number of hydrogen-bond donors (Lipinski definition) is 0. The molecule has 0 aliphatic rings. The van der Waals surface area contributed by atoms with Gasteiger partial charge in [-0.3, -0.25) is 4.98 Å². The maximum Gasteiger partial charge on any atom is 0.0774 e. The van der Waals surface area contributed by atoms with E-state index in [-0.39, 0.29) is 25.7 Å². The molecule has 8 rings (SSSR count). The Hall–Kier alpha value is -5.09. The van der Waals surface area contributed by atoms with Gasteiger partial charge in [0.1, 0.15) is 0 Å². The molecule has 5 heteroatoms. The summed E-state index contributed by atoms with van der Waals surface area (Å²) in [6, 6.07) is 47.5. The molecule has 0 amide bonds. The third-order valence-electron chi connectivity index (χ3n) is 7.97. The van der Waals surface area contributed by atoms with E-state index in [1.54, 1.807) is 18.2 Å². The summed E-state index contributed by atoms with van der Waals surface area (Å²) in [5.41, 5.74) is 10.3. The molecule has 0 aliphatic heterocycles. The number of benzene rings is 5. The van der Waals surface area contributed by atoms with Gasteiger partial charge in [0.2, 0.25) is 0 Å². The van der Waals surface area contributed by atoms with Crippen LogP contribution in [0.1, 0.15) is 35.0 Å². The summed E-state index contributed by atoms with van der Waals surface area (Å²) in [7, 11) is 0. The first-order valence-corrected chi connectivity index (χ1v) is 15.3. The normalized spacial score (nSPS) is 12.1. The first-order chi connectivity index (χ1) is 23.8. The Kier molecular flexibility index (Phi) is 8.46. The number of imidazole rings is 1. The Morgan fingerprint density at radius 2 is 1.55 bits per heavy atom. The van der Waals surface area contributed by atoms with Crippen LogP contribution in [-0.2, 0) is 20.1 Å². The minimum Gasteiger partial charge on any atom is -0.557 e. The van der Waals surface area contributed by atoms with E-state index in [0.717, 1.165) is 50.3 Å². The van der Waals surface area contributed by atoms with Crippen LogP contribution < -0.4 is 0 Å². The van der Waals surface area contributed by atoms with Crippen molar-refractivity contribution in [1.82, 2.24) is 14.5 Å². The molecule has 0 N–H and O–H groups in total. The van der Waals surface area contributed by atoms with Crippen LogP contribution in [0.3, 0.4) is 0 Å². The van der Waals surface area contributed by atoms with Crippen molar-refractivity contribution in [3.63, 3.8) is 0 Å². The molecular weight excluding hydrogens is 755 g/mol. The number of para-hydroxylation sites is 2. The van der Waals surface area contributed by atoms with Crippen LogP contribution in [0.15, 0.2) is 144 Å². The van der Waals surface area contributed by atoms with Gasteiger partial charge in [0, 0.05) is 47.9 Å². The summed E-state index contributed by atoms with van der Waals surface area (Å²) in [6.45, 7) is 2.28. The minimum absolute atomic E-state index is 0. The fourth-order valence-electron chi connectivity index (χ4n) is 5.51. The van der Waals surface area contributed by atoms with Crippen molar-refractivity contribution in [2.75, 3.05) is 0 Å². The van der Waals surface area contributed by atoms with E-state index < -0.39 is 6.85 Å². The third kappa shape index (κ3) is 6.73. The molecule has 3 heterocycles. The van der Waals surface area contributed by atoms with Gasteiger partial charge in [0.25, 0.3) is 0 Å². The molecule has 47 heavy (non-hydrogen) atoms. The molecule has 0 bridgehead atoms. The number of aryl methyl sites for hydroxylation is 1. The second-order valence-corrected chi connectivity index (χ2v) is 11.4. The number of furan rings is 1. The number of pyridine rings is 1. The van der Waals surface area contributed by atoms with E-state index in [9.17, 15) is 0 Å². The Morgan fingerprint density at radius 3 is 2.28 bits per heavy atom. The fraction of sp³-hybridized carbons (Fsp3) is 0.0952. The zero-order chi connectivity index (χ0) is 34.0. The third-order valence-corrected chi connectivity index (χ3v) is 7.97. The van der Waals surface area contributed by atoms with Gasteiger partial charge in [0.05, 0.1) is 16.9 Å². The van der Waals surface area contributed by atoms with Gasteiger partial charge in [-0.2, -0.15) is 0 Å². The molecule has 4 nitrogen and oxygen atoms in total. The van der Waals surface area contributed by atoms with Crippen LogP contribution in [0, 0.1) is 19.2 Å². The largest absolute Gasteiger partial charge is 0.557 e. The molecule has 0 saturated heterocycles. The molecule has 0 saturated carbocycles. The first-order valence-electron chi connectivity index (χ1n) is 16.8. The molecule has 3 aromatic heterocycles. The zero-order valence-electron chi connectivity index (χ0n) is 28.9. The predicted octanol–water partition coefficient (Wildman–Crippen LogP) is 10.9. The minimum atomic E-state index is -2.09. The van der Waals surface area contributed by atoms with E-state index in [4.69, 9.17) is 13.5 Å². The number of nitrogens with zero attached hydrogens (tertiary/aromatic N) is 3. The van der Waals surface area contributed by atoms with Crippen LogP contribution in [0.25, 0.3) is 61.5 Å². The van der Waals surface area contributed by atoms with Gasteiger partial charge in [-0.15, -0.1) is 42.0 Å². The van der Waals surface area contributed by atoms with Crippen molar-refractivity contribution in [3.8, 4) is 39.5 Å². The monoisotopic (exact) mass is 791 g/mol. The second kappa shape index (κ2) is 14.1. The fourth-order valence-corrected chi connectivity index (χ4v) is 5.51. The van der Waals surface area contributed by atoms with Crippen molar-refractivity contribution >= 4 is 22.0 Å². The maximum atomic E-state index is 7.23. The molecule has 0 unspecified atom stereocenters. The Morgan fingerprint density at radius 1 is 0.787 bits per heavy atom. The van der Waals surface area contributed by atoms with Crippen molar-refractivity contribution in [1.29, 1.82) is 0 Å². The standard InChI is InChI=1S/C30H23N2O.C12H10N.Ir/c1-20(2)23-14-17-25-26(19-33-29(25)18-23)30-31-27-10-6-7-11-28(27)32(30)24-15-12-22(13-16-24)21-8-4-3-5-9-21;1-10-7-8-12(13-9-10)11-5-3-2-4-6-11;/h3-18,20H,1-2H3;2-5,7-9H,1H3;/q2*-1;/i;1D3;. The summed E-state index contributed by atoms with van der Waals surface area (Å²) >= 11 is 0. The molecule has 233 valence electrons. The number of aromatic nitrogens is 3. The average Bonchev–Trinajstić information content (AvgIpc) is 3.74. The number of fused-ring (bicyclic) bond motifs is 2. The van der Waals surface area contributed by atoms with Crippen LogP contribution in [0.2, 0.25) is 0 Å². The van der Waals surface area contributed by atoms with E-state index in [0.29, 0.717) is 5.92 Å². The molecule has 5 aromatic carbocycles. The smallest absolute Gasteiger partial charge is 0.0774 e. The topological polar surface area (TPSA) is 43.9 Å². The quantitative estimate of drug-likeness (QED) is 0.163. The van der Waals surface area contributed by atoms with Crippen molar-refractivity contribution in [2.45, 2.75) is 26.6 Å². The van der Waals surface area contributed by atoms with Gasteiger partial charge in [-0.25, -0.2) is 0 Å². The number of rotatable bonds is 5. The molecular formula is C42H33IrN3O-2. The van der Waals surface area contributed by atoms with Gasteiger partial charge >= 0.3 is 0 Å². The van der Waals surface area contributed by atoms with E-state index in [1.165, 1.54) is 22.9 Å². The van der Waals surface area contributed by atoms with E-state index in [1.807, 2.05) is 36.4 Å². The molecule has 1 radical (unpaired) electrons. The molecule has 0 atom stereocenters. The summed E-state index contributed by atoms with van der Waals surface area (Å²) in [5.74, 6) is 1.27. The Balaban J connectivity index is 0.000000215. The van der Waals surface area contributed by atoms with Crippen LogP contribution in [-0.4, -0.2) is 14.5 Å². The Bertz CT molecular complexity index is 2330. The van der Waals surface area contributed by atoms with Crippen molar-refractivity contribution in [3.05, 3.63) is 163 Å². The van der Waals surface area contributed by atoms with Crippen LogP contribution in [0.4, 0.5) is 0 Å². The van der Waals surface area contributed by atoms with Gasteiger partial charge in [0.15, 0.2) is 0 Å². The van der Waals surface area contributed by atoms with Gasteiger partial charge < -0.3 is 14.0 Å². The molecule has 0 fully saturated rings. The van der Waals surface area contributed by atoms with Gasteiger partial charge in [-0.1, -0.05) is 109 Å². The van der Waals surface area contributed by atoms with Gasteiger partial charge in [-0.05, 0) is 59.4 Å². The predicted molar refractivity (Wildman–Crippen MR) is 188 cm³/mol. The summed E-state index contributed by atoms with van der Waals surface area (Å²) in [4.78, 5) is 9.12. The van der Waals surface area contributed by atoms with Crippen molar-refractivity contribution < 1.29 is 28.6 Å². The second-order valence-electron chi connectivity index (χ2n) is 11.4. The maximum absolute atomic E-state index is 7.23. The molecule has 0 aliphatic carbocycles. The number of hydrogen-bond acceptors (Lipinski definition) is 3. The SMILES string of the molecule is CC(C)c1ccc2c(-c3nc4ccccc4n3-c3ccc(-c4ccccc4)cc3)[c-]oc2c1.[2H]C([2H])([2H])c1ccc(-c2[c-]cccc2)nc1.[Ir]. The Labute approximate surface area is 293 Å².